The van der Waals surface area contributed by atoms with Crippen LogP contribution in [-0.4, -0.2) is 25.2 Å². The van der Waals surface area contributed by atoms with Crippen LogP contribution in [0.15, 0.2) is 48.5 Å². The molecule has 5 heteroatoms. The van der Waals surface area contributed by atoms with Crippen molar-refractivity contribution in [2.24, 2.45) is 0 Å². The summed E-state index contributed by atoms with van der Waals surface area (Å²) in [4.78, 5) is 12.2. The third-order valence-electron chi connectivity index (χ3n) is 4.59. The molecule has 0 aliphatic rings. The maximum absolute atomic E-state index is 12.2. The zero-order chi connectivity index (χ0) is 21.6. The number of nitrogens with one attached hydrogen (secondary N) is 2. The van der Waals surface area contributed by atoms with E-state index in [-0.39, 0.29) is 18.6 Å². The summed E-state index contributed by atoms with van der Waals surface area (Å²) in [6.07, 6.45) is 6.24. The average Bonchev–Trinajstić information content (AvgIpc) is 2.74. The highest BCUT2D eigenvalue weighted by Crippen LogP contribution is 2.18. The topological polar surface area (TPSA) is 59.6 Å². The number of unbranched alkanes of at least 4 members (excludes halogenated alkanes) is 4. The first kappa shape index (κ1) is 23.6. The van der Waals surface area contributed by atoms with Gasteiger partial charge in [-0.3, -0.25) is 4.79 Å². The van der Waals surface area contributed by atoms with Gasteiger partial charge < -0.3 is 20.1 Å². The van der Waals surface area contributed by atoms with Gasteiger partial charge in [-0.15, -0.1) is 0 Å². The molecule has 0 spiro atoms. The minimum Gasteiger partial charge on any atom is -0.494 e. The van der Waals surface area contributed by atoms with Crippen LogP contribution in [0.2, 0.25) is 0 Å². The Morgan fingerprint density at radius 2 is 1.73 bits per heavy atom. The van der Waals surface area contributed by atoms with Gasteiger partial charge in [-0.2, -0.15) is 0 Å². The van der Waals surface area contributed by atoms with Gasteiger partial charge in [0.2, 0.25) is 5.91 Å². The number of rotatable bonds is 14. The fourth-order valence-corrected chi connectivity index (χ4v) is 3.00. The summed E-state index contributed by atoms with van der Waals surface area (Å²) in [7, 11) is 0. The fourth-order valence-electron chi connectivity index (χ4n) is 3.00. The fraction of sp³-hybridized carbons (Fsp3) is 0.480. The molecule has 0 saturated heterocycles. The van der Waals surface area contributed by atoms with Crippen LogP contribution in [0.5, 0.6) is 11.5 Å². The van der Waals surface area contributed by atoms with E-state index in [1.165, 1.54) is 25.7 Å². The van der Waals surface area contributed by atoms with Crippen molar-refractivity contribution in [3.8, 4) is 11.5 Å². The Hall–Kier alpha value is -2.69. The molecular formula is C25H36N2O3. The van der Waals surface area contributed by atoms with E-state index in [2.05, 4.69) is 17.6 Å². The summed E-state index contributed by atoms with van der Waals surface area (Å²) in [6, 6.07) is 15.5. The van der Waals surface area contributed by atoms with Crippen LogP contribution in [-0.2, 0) is 11.3 Å². The second-order valence-corrected chi connectivity index (χ2v) is 7.73. The number of carbonyl (C=O) groups excluding carboxylic acids is 1. The molecule has 2 aromatic rings. The Morgan fingerprint density at radius 3 is 2.47 bits per heavy atom. The van der Waals surface area contributed by atoms with E-state index in [0.717, 1.165) is 35.8 Å². The molecule has 2 N–H and O–H groups in total. The first-order valence-electron chi connectivity index (χ1n) is 11.1. The van der Waals surface area contributed by atoms with Gasteiger partial charge in [-0.05, 0) is 50.1 Å². The number of anilines is 1. The van der Waals surface area contributed by atoms with Gasteiger partial charge >= 0.3 is 0 Å². The van der Waals surface area contributed by atoms with E-state index in [4.69, 9.17) is 9.47 Å². The Balaban J connectivity index is 1.67. The SMILES string of the molecule is CCCCCCCOc1cccc(NCC(=O)NCc2ccc(OC(C)C)cc2)c1. The molecule has 0 aliphatic heterocycles. The van der Waals surface area contributed by atoms with E-state index < -0.39 is 0 Å². The molecule has 2 rings (SSSR count). The van der Waals surface area contributed by atoms with Crippen molar-refractivity contribution < 1.29 is 14.3 Å². The van der Waals surface area contributed by atoms with Crippen LogP contribution in [0, 0.1) is 0 Å². The third kappa shape index (κ3) is 9.68. The van der Waals surface area contributed by atoms with Crippen LogP contribution in [0.4, 0.5) is 5.69 Å². The highest BCUT2D eigenvalue weighted by atomic mass is 16.5. The number of hydrogen-bond acceptors (Lipinski definition) is 4. The van der Waals surface area contributed by atoms with Crippen LogP contribution >= 0.6 is 0 Å². The highest BCUT2D eigenvalue weighted by Gasteiger charge is 2.04. The van der Waals surface area contributed by atoms with Crippen LogP contribution in [0.3, 0.4) is 0 Å². The zero-order valence-electron chi connectivity index (χ0n) is 18.6. The molecule has 0 heterocycles. The predicted molar refractivity (Wildman–Crippen MR) is 123 cm³/mol. The minimum atomic E-state index is -0.0558. The maximum atomic E-state index is 12.2. The van der Waals surface area contributed by atoms with Gasteiger partial charge in [0.1, 0.15) is 11.5 Å². The van der Waals surface area contributed by atoms with Crippen molar-refractivity contribution in [3.05, 3.63) is 54.1 Å². The molecule has 5 nitrogen and oxygen atoms in total. The lowest BCUT2D eigenvalue weighted by atomic mass is 10.2. The summed E-state index contributed by atoms with van der Waals surface area (Å²) in [5.41, 5.74) is 1.91. The summed E-state index contributed by atoms with van der Waals surface area (Å²) in [5.74, 6) is 1.61. The first-order chi connectivity index (χ1) is 14.6. The summed E-state index contributed by atoms with van der Waals surface area (Å²) >= 11 is 0. The summed E-state index contributed by atoms with van der Waals surface area (Å²) < 4.78 is 11.5. The predicted octanol–water partition coefficient (Wildman–Crippen LogP) is 5.55. The normalized spacial score (nSPS) is 10.7. The Kier molecular flexibility index (Phi) is 10.6. The van der Waals surface area contributed by atoms with Gasteiger partial charge in [0.05, 0.1) is 19.3 Å². The molecule has 0 fully saturated rings. The van der Waals surface area contributed by atoms with Crippen molar-refractivity contribution in [3.63, 3.8) is 0 Å². The highest BCUT2D eigenvalue weighted by molar-refractivity contribution is 5.80. The molecule has 0 unspecified atom stereocenters. The summed E-state index contributed by atoms with van der Waals surface area (Å²) in [6.45, 7) is 7.65. The van der Waals surface area contributed by atoms with Crippen LogP contribution in [0.1, 0.15) is 58.4 Å². The largest absolute Gasteiger partial charge is 0.494 e. The Labute approximate surface area is 181 Å². The quantitative estimate of drug-likeness (QED) is 0.399. The second kappa shape index (κ2) is 13.5. The van der Waals surface area contributed by atoms with Crippen LogP contribution < -0.4 is 20.1 Å². The van der Waals surface area contributed by atoms with Gasteiger partial charge in [-0.1, -0.05) is 50.8 Å². The third-order valence-corrected chi connectivity index (χ3v) is 4.59. The van der Waals surface area contributed by atoms with Crippen molar-refractivity contribution in [2.45, 2.75) is 65.5 Å². The molecule has 164 valence electrons. The maximum Gasteiger partial charge on any atom is 0.239 e. The Morgan fingerprint density at radius 1 is 0.967 bits per heavy atom. The molecule has 0 aromatic heterocycles. The lowest BCUT2D eigenvalue weighted by molar-refractivity contribution is -0.119. The van der Waals surface area contributed by atoms with Crippen LogP contribution in [0.25, 0.3) is 0 Å². The van der Waals surface area contributed by atoms with Crippen molar-refractivity contribution in [1.29, 1.82) is 0 Å². The Bertz CT molecular complexity index is 744. The molecule has 30 heavy (non-hydrogen) atoms. The van der Waals surface area contributed by atoms with Gasteiger partial charge in [-0.25, -0.2) is 0 Å². The molecule has 2 aromatic carbocycles. The minimum absolute atomic E-state index is 0.0558. The lowest BCUT2D eigenvalue weighted by Gasteiger charge is -2.11. The number of benzene rings is 2. The molecule has 0 radical (unpaired) electrons. The van der Waals surface area contributed by atoms with Crippen molar-refractivity contribution in [1.82, 2.24) is 5.32 Å². The molecule has 1 amide bonds. The number of carbonyl (C=O) groups is 1. The van der Waals surface area contributed by atoms with E-state index in [9.17, 15) is 4.79 Å². The van der Waals surface area contributed by atoms with Crippen molar-refractivity contribution in [2.75, 3.05) is 18.5 Å². The lowest BCUT2D eigenvalue weighted by Crippen LogP contribution is -2.29. The van der Waals surface area contributed by atoms with E-state index in [0.29, 0.717) is 6.54 Å². The van der Waals surface area contributed by atoms with E-state index in [1.807, 2.05) is 62.4 Å². The second-order valence-electron chi connectivity index (χ2n) is 7.73. The molecule has 0 saturated carbocycles. The molecular weight excluding hydrogens is 376 g/mol. The average molecular weight is 413 g/mol. The molecule has 0 bridgehead atoms. The standard InChI is InChI=1S/C25H36N2O3/c1-4-5-6-7-8-16-29-24-11-9-10-22(17-24)26-19-25(28)27-18-21-12-14-23(15-13-21)30-20(2)3/h9-15,17,20,26H,4-8,16,18-19H2,1-3H3,(H,27,28). The van der Waals surface area contributed by atoms with E-state index in [1.54, 1.807) is 0 Å². The van der Waals surface area contributed by atoms with E-state index >= 15 is 0 Å². The van der Waals surface area contributed by atoms with Gasteiger partial charge in [0.15, 0.2) is 0 Å². The molecule has 0 atom stereocenters. The monoisotopic (exact) mass is 412 g/mol. The van der Waals surface area contributed by atoms with Gasteiger partial charge in [0.25, 0.3) is 0 Å². The number of amides is 1. The van der Waals surface area contributed by atoms with Crippen molar-refractivity contribution >= 4 is 11.6 Å². The zero-order valence-corrected chi connectivity index (χ0v) is 18.6. The van der Waals surface area contributed by atoms with Gasteiger partial charge in [0, 0.05) is 18.3 Å². The number of hydrogen-bond donors (Lipinski definition) is 2. The first-order valence-corrected chi connectivity index (χ1v) is 11.1. The smallest absolute Gasteiger partial charge is 0.239 e. The number of ether oxygens (including phenoxy) is 2. The molecule has 0 aliphatic carbocycles. The summed E-state index contributed by atoms with van der Waals surface area (Å²) in [5, 5.41) is 6.09.